The average Bonchev–Trinajstić information content (AvgIpc) is 3.03. The van der Waals surface area contributed by atoms with E-state index in [-0.39, 0.29) is 45.3 Å². The first-order valence-corrected chi connectivity index (χ1v) is 12.5. The number of rotatable bonds is 10. The topological polar surface area (TPSA) is 136 Å². The van der Waals surface area contributed by atoms with E-state index in [4.69, 9.17) is 33.2 Å². The second-order valence-corrected chi connectivity index (χ2v) is 8.98. The van der Waals surface area contributed by atoms with E-state index in [0.29, 0.717) is 11.5 Å². The van der Waals surface area contributed by atoms with Gasteiger partial charge in [0.2, 0.25) is 5.75 Å². The predicted molar refractivity (Wildman–Crippen MR) is 149 cm³/mol. The Morgan fingerprint density at radius 3 is 1.95 bits per heavy atom. The van der Waals surface area contributed by atoms with Gasteiger partial charge in [-0.25, -0.2) is 4.79 Å². The second-order valence-electron chi connectivity index (χ2n) is 8.98. The van der Waals surface area contributed by atoms with E-state index < -0.39 is 34.3 Å². The highest BCUT2D eigenvalue weighted by Gasteiger charge is 2.54. The number of hydrogen-bond donors (Lipinski definition) is 1. The molecule has 0 saturated heterocycles. The molecule has 0 radical (unpaired) electrons. The van der Waals surface area contributed by atoms with Gasteiger partial charge in [-0.05, 0) is 35.9 Å². The zero-order valence-corrected chi connectivity index (χ0v) is 24.1. The van der Waals surface area contributed by atoms with Gasteiger partial charge in [0.15, 0.2) is 40.2 Å². The van der Waals surface area contributed by atoms with Crippen LogP contribution in [0.3, 0.4) is 0 Å². The minimum absolute atomic E-state index is 0.0321. The number of hydrogen-bond acceptors (Lipinski definition) is 11. The maximum atomic E-state index is 14.3. The number of ether oxygens (including phenoxy) is 7. The molecule has 0 amide bonds. The summed E-state index contributed by atoms with van der Waals surface area (Å²) in [6.45, 7) is 0. The highest BCUT2D eigenvalue weighted by molar-refractivity contribution is 6.35. The maximum absolute atomic E-state index is 14.3. The fourth-order valence-corrected chi connectivity index (χ4v) is 5.08. The third kappa shape index (κ3) is 4.57. The van der Waals surface area contributed by atoms with Crippen molar-refractivity contribution in [3.8, 4) is 34.5 Å². The number of esters is 1. The number of methoxy groups -OCH3 is 7. The highest BCUT2D eigenvalue weighted by Crippen LogP contribution is 2.55. The quantitative estimate of drug-likeness (QED) is 0.215. The molecule has 0 heterocycles. The molecule has 1 aliphatic carbocycles. The summed E-state index contributed by atoms with van der Waals surface area (Å²) in [5, 5.41) is 12.9. The van der Waals surface area contributed by atoms with Crippen molar-refractivity contribution in [1.29, 1.82) is 0 Å². The van der Waals surface area contributed by atoms with Crippen molar-refractivity contribution in [1.82, 2.24) is 0 Å². The van der Waals surface area contributed by atoms with Crippen molar-refractivity contribution >= 4 is 17.5 Å². The monoisotopic (exact) mass is 578 g/mol. The van der Waals surface area contributed by atoms with Crippen LogP contribution in [0.4, 0.5) is 0 Å². The summed E-state index contributed by atoms with van der Waals surface area (Å²) in [6.07, 6.45) is 0. The number of ketones is 2. The van der Waals surface area contributed by atoms with Gasteiger partial charge in [0.05, 0.1) is 66.5 Å². The van der Waals surface area contributed by atoms with Gasteiger partial charge in [0, 0.05) is 11.1 Å². The first-order valence-electron chi connectivity index (χ1n) is 12.5. The van der Waals surface area contributed by atoms with Gasteiger partial charge >= 0.3 is 5.97 Å². The van der Waals surface area contributed by atoms with Crippen molar-refractivity contribution in [2.75, 3.05) is 49.8 Å². The zero-order chi connectivity index (χ0) is 30.8. The summed E-state index contributed by atoms with van der Waals surface area (Å²) >= 11 is 0. The molecule has 1 aliphatic rings. The van der Waals surface area contributed by atoms with Crippen LogP contribution >= 0.6 is 0 Å². The number of fused-ring (bicyclic) bond motifs is 1. The smallest absolute Gasteiger partial charge is 0.338 e. The van der Waals surface area contributed by atoms with E-state index in [9.17, 15) is 19.5 Å². The zero-order valence-electron chi connectivity index (χ0n) is 24.1. The molecule has 11 heteroatoms. The summed E-state index contributed by atoms with van der Waals surface area (Å²) in [7, 11) is 9.34. The Morgan fingerprint density at radius 2 is 1.38 bits per heavy atom. The van der Waals surface area contributed by atoms with Crippen LogP contribution in [-0.4, -0.2) is 72.4 Å². The van der Waals surface area contributed by atoms with Crippen molar-refractivity contribution in [2.24, 2.45) is 0 Å². The van der Waals surface area contributed by atoms with Gasteiger partial charge < -0.3 is 38.3 Å². The van der Waals surface area contributed by atoms with Crippen molar-refractivity contribution in [3.05, 3.63) is 81.9 Å². The van der Waals surface area contributed by atoms with Crippen molar-refractivity contribution < 1.29 is 52.6 Å². The van der Waals surface area contributed by atoms with Crippen LogP contribution in [0.2, 0.25) is 0 Å². The molecule has 0 aliphatic heterocycles. The number of Topliss-reactive ketones (excluding diaryl/α,β-unsaturated/α-hetero) is 2. The first-order chi connectivity index (χ1) is 20.2. The normalized spacial score (nSPS) is 15.9. The highest BCUT2D eigenvalue weighted by atomic mass is 16.5. The van der Waals surface area contributed by atoms with Gasteiger partial charge in [-0.3, -0.25) is 9.59 Å². The molecule has 1 atom stereocenters. The minimum Gasteiger partial charge on any atom is -0.497 e. The fourth-order valence-electron chi connectivity index (χ4n) is 5.08. The molecular formula is C31H30O11. The molecule has 0 spiro atoms. The lowest BCUT2D eigenvalue weighted by atomic mass is 9.68. The van der Waals surface area contributed by atoms with E-state index >= 15 is 0 Å². The number of benzene rings is 3. The number of carbonyl (C=O) groups excluding carboxylic acids is 3. The Morgan fingerprint density at radius 1 is 0.714 bits per heavy atom. The molecular weight excluding hydrogens is 548 g/mol. The lowest BCUT2D eigenvalue weighted by molar-refractivity contribution is -0.138. The Hall–Kier alpha value is -5.03. The predicted octanol–water partition coefficient (Wildman–Crippen LogP) is 3.52. The third-order valence-electron chi connectivity index (χ3n) is 7.03. The molecule has 3 aromatic rings. The van der Waals surface area contributed by atoms with Crippen LogP contribution in [0.5, 0.6) is 34.5 Å². The third-order valence-corrected chi connectivity index (χ3v) is 7.03. The van der Waals surface area contributed by atoms with Crippen LogP contribution < -0.4 is 28.4 Å². The van der Waals surface area contributed by atoms with Crippen LogP contribution in [0.25, 0.3) is 0 Å². The lowest BCUT2D eigenvalue weighted by Crippen LogP contribution is -2.43. The number of allylic oxidation sites excluding steroid dienone is 1. The van der Waals surface area contributed by atoms with E-state index in [0.717, 1.165) is 7.11 Å². The van der Waals surface area contributed by atoms with Gasteiger partial charge in [0.25, 0.3) is 0 Å². The summed E-state index contributed by atoms with van der Waals surface area (Å²) in [6, 6.07) is 11.8. The summed E-state index contributed by atoms with van der Waals surface area (Å²) in [5.41, 5.74) is -4.02. The van der Waals surface area contributed by atoms with Crippen LogP contribution in [0.15, 0.2) is 59.7 Å². The van der Waals surface area contributed by atoms with E-state index in [1.54, 1.807) is 12.1 Å². The van der Waals surface area contributed by atoms with Gasteiger partial charge in [0.1, 0.15) is 5.75 Å². The molecule has 42 heavy (non-hydrogen) atoms. The van der Waals surface area contributed by atoms with E-state index in [2.05, 4.69) is 0 Å². The van der Waals surface area contributed by atoms with Crippen LogP contribution in [0.1, 0.15) is 31.8 Å². The van der Waals surface area contributed by atoms with Crippen LogP contribution in [-0.2, 0) is 15.1 Å². The summed E-state index contributed by atoms with van der Waals surface area (Å²) in [4.78, 5) is 42.0. The Balaban J connectivity index is 2.23. The van der Waals surface area contributed by atoms with E-state index in [1.165, 1.54) is 79.1 Å². The average molecular weight is 579 g/mol. The van der Waals surface area contributed by atoms with Crippen molar-refractivity contribution in [2.45, 2.75) is 5.60 Å². The summed E-state index contributed by atoms with van der Waals surface area (Å²) < 4.78 is 37.8. The van der Waals surface area contributed by atoms with Crippen LogP contribution in [0, 0.1) is 0 Å². The molecule has 0 fully saturated rings. The molecule has 0 bridgehead atoms. The Bertz CT molecular complexity index is 1600. The first kappa shape index (κ1) is 29.9. The standard InChI is InChI=1S/C31H30O11/c1-36-18-10-8-9-16(13-18)26(32)23-25(30(34)42-7)31(35,17-11-12-20(37-2)21(14-17)38-3)24-19(27(23)33)15-22(39-4)28(40-5)29(24)41-6/h8-15,35H,1-7H3. The molecule has 11 nitrogen and oxygen atoms in total. The molecule has 0 aromatic heterocycles. The van der Waals surface area contributed by atoms with Crippen molar-refractivity contribution in [3.63, 3.8) is 0 Å². The Labute approximate surface area is 242 Å². The second kappa shape index (κ2) is 11.8. The molecule has 1 unspecified atom stereocenters. The number of carbonyl (C=O) groups is 3. The minimum atomic E-state index is -2.51. The van der Waals surface area contributed by atoms with Gasteiger partial charge in [-0.1, -0.05) is 18.2 Å². The largest absolute Gasteiger partial charge is 0.497 e. The maximum Gasteiger partial charge on any atom is 0.338 e. The SMILES string of the molecule is COC(=O)C1=C(C(=O)c2cccc(OC)c2)C(=O)c2cc(OC)c(OC)c(OC)c2C1(O)c1ccc(OC)c(OC)c1. The molecule has 0 saturated carbocycles. The summed E-state index contributed by atoms with van der Waals surface area (Å²) in [5.74, 6) is -1.96. The molecule has 4 rings (SSSR count). The van der Waals surface area contributed by atoms with Gasteiger partial charge in [-0.15, -0.1) is 0 Å². The lowest BCUT2D eigenvalue weighted by Gasteiger charge is -2.38. The van der Waals surface area contributed by atoms with E-state index in [1.807, 2.05) is 0 Å². The Kier molecular flexibility index (Phi) is 8.44. The number of aliphatic hydroxyl groups is 1. The molecule has 3 aromatic carbocycles. The molecule has 220 valence electrons. The molecule has 1 N–H and O–H groups in total. The fraction of sp³-hybridized carbons (Fsp3) is 0.258. The van der Waals surface area contributed by atoms with Gasteiger partial charge in [-0.2, -0.15) is 0 Å².